The van der Waals surface area contributed by atoms with Gasteiger partial charge in [0, 0.05) is 6.42 Å². The van der Waals surface area contributed by atoms with Crippen LogP contribution in [-0.2, 0) is 42.4 Å². The summed E-state index contributed by atoms with van der Waals surface area (Å²) < 4.78 is 45.4. The summed E-state index contributed by atoms with van der Waals surface area (Å²) in [5, 5.41) is 2.48. The van der Waals surface area contributed by atoms with Crippen LogP contribution in [0.3, 0.4) is 0 Å². The Bertz CT molecular complexity index is 978. The Labute approximate surface area is 284 Å². The highest BCUT2D eigenvalue weighted by Gasteiger charge is 2.50. The molecule has 0 saturated heterocycles. The Morgan fingerprint density at radius 3 is 1.30 bits per heavy atom. The number of hydrogen-bond donors (Lipinski definition) is 0. The zero-order chi connectivity index (χ0) is 33.9. The average molecular weight is 677 g/mol. The summed E-state index contributed by atoms with van der Waals surface area (Å²) in [6.45, 7) is 15.6. The number of ether oxygens (including phenoxy) is 7. The fourth-order valence-electron chi connectivity index (χ4n) is 5.20. The van der Waals surface area contributed by atoms with Gasteiger partial charge in [-0.2, -0.15) is 0 Å². The molecule has 0 spiro atoms. The minimum absolute atomic E-state index is 0.0549. The second kappa shape index (κ2) is 25.8. The molecule has 2 aromatic rings. The first-order valence-corrected chi connectivity index (χ1v) is 19.2. The monoisotopic (exact) mass is 676 g/mol. The summed E-state index contributed by atoms with van der Waals surface area (Å²) in [7, 11) is -2.53. The number of carbonyl (C=O) groups excluding carboxylic acids is 1. The fraction of sp³-hybridized carbons (Fsp3) is 0.649. The normalized spacial score (nSPS) is 12.0. The molecule has 0 aromatic heterocycles. The Balaban J connectivity index is 1.41. The van der Waals surface area contributed by atoms with Gasteiger partial charge in [0.1, 0.15) is 6.61 Å². The number of esters is 1. The summed E-state index contributed by atoms with van der Waals surface area (Å²) in [5.74, 6) is -0.149. The van der Waals surface area contributed by atoms with Gasteiger partial charge in [-0.15, -0.1) is 0 Å². The second-order valence-corrected chi connectivity index (χ2v) is 16.5. The van der Waals surface area contributed by atoms with E-state index < -0.39 is 8.32 Å². The van der Waals surface area contributed by atoms with Gasteiger partial charge in [-0.05, 0) is 21.8 Å². The number of hydrogen-bond acceptors (Lipinski definition) is 9. The minimum Gasteiger partial charge on any atom is -0.463 e. The van der Waals surface area contributed by atoms with Crippen LogP contribution in [0, 0.1) is 0 Å². The number of benzene rings is 2. The van der Waals surface area contributed by atoms with Crippen molar-refractivity contribution in [2.75, 3.05) is 92.5 Å². The lowest BCUT2D eigenvalue weighted by Gasteiger charge is -2.43. The molecular weight excluding hydrogens is 616 g/mol. The molecule has 9 nitrogen and oxygen atoms in total. The highest BCUT2D eigenvalue weighted by atomic mass is 28.4. The molecule has 0 heterocycles. The van der Waals surface area contributed by atoms with Gasteiger partial charge in [0.15, 0.2) is 0 Å². The van der Waals surface area contributed by atoms with Crippen molar-refractivity contribution in [2.24, 2.45) is 0 Å². The molecule has 10 heteroatoms. The number of unbranched alkanes of at least 4 members (excludes halogenated alkanes) is 3. The van der Waals surface area contributed by atoms with E-state index in [1.54, 1.807) is 0 Å². The van der Waals surface area contributed by atoms with Crippen molar-refractivity contribution in [1.29, 1.82) is 0 Å². The molecule has 47 heavy (non-hydrogen) atoms. The third-order valence-corrected chi connectivity index (χ3v) is 12.6. The summed E-state index contributed by atoms with van der Waals surface area (Å²) in [6, 6.07) is 21.3. The van der Waals surface area contributed by atoms with Crippen LogP contribution in [0.15, 0.2) is 60.7 Å². The van der Waals surface area contributed by atoms with Gasteiger partial charge in [0.25, 0.3) is 8.32 Å². The predicted octanol–water partition coefficient (Wildman–Crippen LogP) is 5.18. The molecule has 2 aromatic carbocycles. The van der Waals surface area contributed by atoms with Crippen LogP contribution in [0.4, 0.5) is 0 Å². The molecule has 0 saturated carbocycles. The summed E-state index contributed by atoms with van der Waals surface area (Å²) in [6.07, 6.45) is 4.77. The zero-order valence-electron chi connectivity index (χ0n) is 29.4. The van der Waals surface area contributed by atoms with E-state index in [0.29, 0.717) is 92.3 Å². The molecule has 0 atom stereocenters. The van der Waals surface area contributed by atoms with Crippen molar-refractivity contribution < 1.29 is 42.4 Å². The van der Waals surface area contributed by atoms with Crippen LogP contribution in [-0.4, -0.2) is 107 Å². The van der Waals surface area contributed by atoms with Crippen LogP contribution in [0.5, 0.6) is 0 Å². The molecule has 2 rings (SSSR count). The molecule has 0 amide bonds. The van der Waals surface area contributed by atoms with Crippen LogP contribution < -0.4 is 10.4 Å². The summed E-state index contributed by atoms with van der Waals surface area (Å²) >= 11 is 0. The largest absolute Gasteiger partial charge is 0.463 e. The first-order chi connectivity index (χ1) is 22.9. The Morgan fingerprint density at radius 1 is 0.532 bits per heavy atom. The van der Waals surface area contributed by atoms with Gasteiger partial charge in [-0.1, -0.05) is 108 Å². The SMILES string of the molecule is CCCCCCC(=O)OCCOCCOCCOCCOCCOCCOCCO[Si](c1ccccc1)(c1ccccc1)C(C)(C)C. The van der Waals surface area contributed by atoms with E-state index in [9.17, 15) is 4.79 Å². The average Bonchev–Trinajstić information content (AvgIpc) is 3.07. The topological polar surface area (TPSA) is 90.9 Å². The fourth-order valence-corrected chi connectivity index (χ4v) is 9.74. The smallest absolute Gasteiger partial charge is 0.305 e. The molecule has 0 bridgehead atoms. The maximum atomic E-state index is 11.6. The van der Waals surface area contributed by atoms with Crippen molar-refractivity contribution >= 4 is 24.7 Å². The first-order valence-electron chi connectivity index (χ1n) is 17.3. The van der Waals surface area contributed by atoms with E-state index in [-0.39, 0.29) is 17.6 Å². The minimum atomic E-state index is -2.53. The molecule has 0 fully saturated rings. The lowest BCUT2D eigenvalue weighted by Crippen LogP contribution is -2.66. The summed E-state index contributed by atoms with van der Waals surface area (Å²) in [4.78, 5) is 11.6. The highest BCUT2D eigenvalue weighted by Crippen LogP contribution is 2.36. The second-order valence-electron chi connectivity index (χ2n) is 12.2. The molecule has 0 N–H and O–H groups in total. The van der Waals surface area contributed by atoms with Gasteiger partial charge in [0.2, 0.25) is 0 Å². The van der Waals surface area contributed by atoms with Gasteiger partial charge in [-0.3, -0.25) is 4.79 Å². The van der Waals surface area contributed by atoms with Crippen molar-refractivity contribution in [2.45, 2.75) is 64.8 Å². The third kappa shape index (κ3) is 17.2. The van der Waals surface area contributed by atoms with E-state index in [0.717, 1.165) is 25.7 Å². The van der Waals surface area contributed by atoms with Gasteiger partial charge in [0.05, 0.1) is 85.9 Å². The molecule has 0 radical (unpaired) electrons. The molecule has 0 aliphatic rings. The Kier molecular flexibility index (Phi) is 22.5. The quantitative estimate of drug-likeness (QED) is 0.0657. The van der Waals surface area contributed by atoms with Crippen molar-refractivity contribution in [3.63, 3.8) is 0 Å². The molecule has 0 aliphatic heterocycles. The lowest BCUT2D eigenvalue weighted by molar-refractivity contribution is -0.145. The molecule has 0 unspecified atom stereocenters. The number of carbonyl (C=O) groups is 1. The first kappa shape index (κ1) is 41.0. The molecule has 0 aliphatic carbocycles. The van der Waals surface area contributed by atoms with Crippen LogP contribution in [0.2, 0.25) is 5.04 Å². The Hall–Kier alpha value is -2.15. The maximum absolute atomic E-state index is 11.6. The van der Waals surface area contributed by atoms with Crippen molar-refractivity contribution in [3.8, 4) is 0 Å². The van der Waals surface area contributed by atoms with Crippen molar-refractivity contribution in [1.82, 2.24) is 0 Å². The zero-order valence-corrected chi connectivity index (χ0v) is 30.4. The number of rotatable bonds is 29. The van der Waals surface area contributed by atoms with E-state index in [2.05, 4.69) is 88.4 Å². The van der Waals surface area contributed by atoms with E-state index in [4.69, 9.17) is 37.6 Å². The highest BCUT2D eigenvalue weighted by molar-refractivity contribution is 6.99. The third-order valence-electron chi connectivity index (χ3n) is 7.55. The molecule has 266 valence electrons. The lowest BCUT2D eigenvalue weighted by atomic mass is 10.2. The van der Waals surface area contributed by atoms with Crippen LogP contribution in [0.25, 0.3) is 0 Å². The van der Waals surface area contributed by atoms with E-state index in [1.165, 1.54) is 10.4 Å². The van der Waals surface area contributed by atoms with Gasteiger partial charge >= 0.3 is 5.97 Å². The standard InChI is InChI=1S/C37H60O9Si/c1-5-6-7-14-19-36(38)45-32-30-43-28-26-41-24-22-39-20-21-40-23-25-42-27-29-44-31-33-46-47(37(2,3)4,34-15-10-8-11-16-34)35-17-12-9-13-18-35/h8-13,15-18H,5-7,14,19-33H2,1-4H3. The summed E-state index contributed by atoms with van der Waals surface area (Å²) in [5.41, 5.74) is 0. The van der Waals surface area contributed by atoms with E-state index >= 15 is 0 Å². The van der Waals surface area contributed by atoms with Crippen molar-refractivity contribution in [3.05, 3.63) is 60.7 Å². The predicted molar refractivity (Wildman–Crippen MR) is 188 cm³/mol. The maximum Gasteiger partial charge on any atom is 0.305 e. The Morgan fingerprint density at radius 2 is 0.915 bits per heavy atom. The molecular formula is C37H60O9Si. The van der Waals surface area contributed by atoms with E-state index in [1.807, 2.05) is 0 Å². The van der Waals surface area contributed by atoms with Gasteiger partial charge < -0.3 is 37.6 Å². The van der Waals surface area contributed by atoms with Gasteiger partial charge in [-0.25, -0.2) is 0 Å². The van der Waals surface area contributed by atoms with Crippen LogP contribution >= 0.6 is 0 Å². The van der Waals surface area contributed by atoms with Crippen LogP contribution in [0.1, 0.15) is 59.8 Å².